The molecule has 90 valence electrons. The maximum Gasteiger partial charge on any atom is 0.142 e. The molecule has 1 N–H and O–H groups in total. The first-order valence-electron chi connectivity index (χ1n) is 5.10. The van der Waals surface area contributed by atoms with Crippen LogP contribution in [-0.2, 0) is 7.05 Å². The number of aryl methyl sites for hydroxylation is 1. The van der Waals surface area contributed by atoms with Crippen LogP contribution in [0, 0.1) is 5.82 Å². The van der Waals surface area contributed by atoms with E-state index in [9.17, 15) is 4.39 Å². The second-order valence-electron chi connectivity index (χ2n) is 3.68. The summed E-state index contributed by atoms with van der Waals surface area (Å²) in [6.07, 6.45) is 1.65. The summed E-state index contributed by atoms with van der Waals surface area (Å²) < 4.78 is 15.1. The second-order valence-corrected chi connectivity index (χ2v) is 4.08. The summed E-state index contributed by atoms with van der Waals surface area (Å²) >= 11 is 5.66. The van der Waals surface area contributed by atoms with Crippen LogP contribution >= 0.6 is 11.6 Å². The van der Waals surface area contributed by atoms with E-state index in [1.807, 2.05) is 0 Å². The molecule has 0 spiro atoms. The van der Waals surface area contributed by atoms with Crippen LogP contribution in [0.5, 0.6) is 0 Å². The summed E-state index contributed by atoms with van der Waals surface area (Å²) in [5.41, 5.74) is 1.63. The van der Waals surface area contributed by atoms with E-state index in [0.29, 0.717) is 0 Å². The lowest BCUT2D eigenvalue weighted by Gasteiger charge is -2.16. The van der Waals surface area contributed by atoms with E-state index in [1.165, 1.54) is 6.07 Å². The van der Waals surface area contributed by atoms with Crippen molar-refractivity contribution in [2.24, 2.45) is 7.05 Å². The third-order valence-corrected chi connectivity index (χ3v) is 2.92. The highest BCUT2D eigenvalue weighted by Crippen LogP contribution is 2.24. The van der Waals surface area contributed by atoms with Crippen molar-refractivity contribution < 1.29 is 4.39 Å². The van der Waals surface area contributed by atoms with Crippen molar-refractivity contribution in [3.05, 3.63) is 46.5 Å². The number of hydrogen-bond donors (Lipinski definition) is 1. The predicted molar refractivity (Wildman–Crippen MR) is 63.3 cm³/mol. The fraction of sp³-hybridized carbons (Fsp3) is 0.273. The van der Waals surface area contributed by atoms with Gasteiger partial charge in [-0.25, -0.2) is 4.39 Å². The van der Waals surface area contributed by atoms with Gasteiger partial charge in [0.2, 0.25) is 0 Å². The maximum atomic E-state index is 13.4. The van der Waals surface area contributed by atoms with Gasteiger partial charge in [-0.05, 0) is 24.7 Å². The van der Waals surface area contributed by atoms with Gasteiger partial charge in [-0.3, -0.25) is 4.68 Å². The molecule has 17 heavy (non-hydrogen) atoms. The molecular weight excluding hydrogens is 243 g/mol. The van der Waals surface area contributed by atoms with Crippen LogP contribution < -0.4 is 5.32 Å². The van der Waals surface area contributed by atoms with Gasteiger partial charge < -0.3 is 5.32 Å². The van der Waals surface area contributed by atoms with Crippen molar-refractivity contribution in [2.45, 2.75) is 6.04 Å². The van der Waals surface area contributed by atoms with Crippen LogP contribution in [0.4, 0.5) is 4.39 Å². The van der Waals surface area contributed by atoms with E-state index in [4.69, 9.17) is 11.6 Å². The zero-order chi connectivity index (χ0) is 12.4. The van der Waals surface area contributed by atoms with E-state index in [2.05, 4.69) is 15.6 Å². The zero-order valence-corrected chi connectivity index (χ0v) is 10.2. The molecule has 1 heterocycles. The Morgan fingerprint density at radius 3 is 2.76 bits per heavy atom. The van der Waals surface area contributed by atoms with Gasteiger partial charge in [-0.2, -0.15) is 0 Å². The number of rotatable bonds is 3. The third kappa shape index (κ3) is 2.30. The monoisotopic (exact) mass is 254 g/mol. The van der Waals surface area contributed by atoms with Crippen molar-refractivity contribution >= 4 is 11.6 Å². The molecule has 1 unspecified atom stereocenters. The van der Waals surface area contributed by atoms with Crippen molar-refractivity contribution in [2.75, 3.05) is 7.05 Å². The Labute approximate surface area is 103 Å². The Morgan fingerprint density at radius 2 is 2.24 bits per heavy atom. The van der Waals surface area contributed by atoms with E-state index in [-0.39, 0.29) is 11.1 Å². The van der Waals surface area contributed by atoms with Crippen LogP contribution in [-0.4, -0.2) is 22.0 Å². The van der Waals surface area contributed by atoms with Crippen LogP contribution in [0.15, 0.2) is 24.4 Å². The molecule has 1 atom stereocenters. The molecule has 1 aromatic heterocycles. The standard InChI is InChI=1S/C11H12ClFN4/c1-14-11(10-6-15-16-17(10)2)7-3-4-8(12)9(13)5-7/h3-6,11,14H,1-2H3. The number of hydrogen-bond acceptors (Lipinski definition) is 3. The number of nitrogens with zero attached hydrogens (tertiary/aromatic N) is 3. The first-order valence-corrected chi connectivity index (χ1v) is 5.48. The van der Waals surface area contributed by atoms with Gasteiger partial charge in [0.1, 0.15) is 5.82 Å². The van der Waals surface area contributed by atoms with Gasteiger partial charge >= 0.3 is 0 Å². The fourth-order valence-electron chi connectivity index (χ4n) is 1.74. The van der Waals surface area contributed by atoms with E-state index in [0.717, 1.165) is 11.3 Å². The molecule has 1 aromatic carbocycles. The van der Waals surface area contributed by atoms with Crippen molar-refractivity contribution in [1.82, 2.24) is 20.3 Å². The number of halogens is 2. The number of nitrogens with one attached hydrogen (secondary N) is 1. The molecule has 2 aromatic rings. The van der Waals surface area contributed by atoms with Crippen molar-refractivity contribution in [3.8, 4) is 0 Å². The first kappa shape index (κ1) is 12.0. The molecule has 4 nitrogen and oxygen atoms in total. The minimum atomic E-state index is -0.431. The Balaban J connectivity index is 2.42. The van der Waals surface area contributed by atoms with Crippen LogP contribution in [0.3, 0.4) is 0 Å². The van der Waals surface area contributed by atoms with Crippen molar-refractivity contribution in [1.29, 1.82) is 0 Å². The molecule has 0 saturated carbocycles. The summed E-state index contributed by atoms with van der Waals surface area (Å²) in [4.78, 5) is 0. The molecule has 0 fully saturated rings. The van der Waals surface area contributed by atoms with Gasteiger partial charge in [0.05, 0.1) is 23.0 Å². The smallest absolute Gasteiger partial charge is 0.142 e. The van der Waals surface area contributed by atoms with Gasteiger partial charge in [-0.1, -0.05) is 22.9 Å². The van der Waals surface area contributed by atoms with Crippen molar-refractivity contribution in [3.63, 3.8) is 0 Å². The second kappa shape index (κ2) is 4.81. The Morgan fingerprint density at radius 1 is 1.47 bits per heavy atom. The molecule has 0 aliphatic heterocycles. The van der Waals surface area contributed by atoms with Gasteiger partial charge in [0.15, 0.2) is 0 Å². The molecular formula is C11H12ClFN4. The Kier molecular flexibility index (Phi) is 3.40. The van der Waals surface area contributed by atoms with Crippen LogP contribution in [0.25, 0.3) is 0 Å². The van der Waals surface area contributed by atoms with E-state index in [1.54, 1.807) is 37.1 Å². The molecule has 0 bridgehead atoms. The molecule has 0 saturated heterocycles. The predicted octanol–water partition coefficient (Wildman–Crippen LogP) is 1.92. The highest BCUT2D eigenvalue weighted by Gasteiger charge is 2.17. The largest absolute Gasteiger partial charge is 0.308 e. The van der Waals surface area contributed by atoms with Gasteiger partial charge in [0, 0.05) is 7.05 Å². The minimum absolute atomic E-state index is 0.117. The summed E-state index contributed by atoms with van der Waals surface area (Å²) in [6, 6.07) is 4.57. The van der Waals surface area contributed by atoms with E-state index >= 15 is 0 Å². The SMILES string of the molecule is CNC(c1ccc(Cl)c(F)c1)c1cnnn1C. The minimum Gasteiger partial charge on any atom is -0.308 e. The maximum absolute atomic E-state index is 13.4. The van der Waals surface area contributed by atoms with E-state index < -0.39 is 5.82 Å². The molecule has 0 aliphatic carbocycles. The van der Waals surface area contributed by atoms with Crippen LogP contribution in [0.2, 0.25) is 5.02 Å². The van der Waals surface area contributed by atoms with Gasteiger partial charge in [0.25, 0.3) is 0 Å². The topological polar surface area (TPSA) is 42.7 Å². The summed E-state index contributed by atoms with van der Waals surface area (Å²) in [6.45, 7) is 0. The Hall–Kier alpha value is -1.46. The highest BCUT2D eigenvalue weighted by atomic mass is 35.5. The molecule has 0 amide bonds. The first-order chi connectivity index (χ1) is 8.13. The molecule has 0 aliphatic rings. The highest BCUT2D eigenvalue weighted by molar-refractivity contribution is 6.30. The summed E-state index contributed by atoms with van der Waals surface area (Å²) in [5.74, 6) is -0.431. The summed E-state index contributed by atoms with van der Waals surface area (Å²) in [7, 11) is 3.59. The average Bonchev–Trinajstić information content (AvgIpc) is 2.71. The number of benzene rings is 1. The quantitative estimate of drug-likeness (QED) is 0.910. The summed E-state index contributed by atoms with van der Waals surface area (Å²) in [5, 5.41) is 10.9. The molecule has 2 rings (SSSR count). The number of aromatic nitrogens is 3. The molecule has 6 heteroatoms. The lowest BCUT2D eigenvalue weighted by molar-refractivity contribution is 0.586. The lowest BCUT2D eigenvalue weighted by Crippen LogP contribution is -2.20. The van der Waals surface area contributed by atoms with Crippen LogP contribution in [0.1, 0.15) is 17.3 Å². The molecule has 0 radical (unpaired) electrons. The zero-order valence-electron chi connectivity index (χ0n) is 9.48. The third-order valence-electron chi connectivity index (χ3n) is 2.61. The lowest BCUT2D eigenvalue weighted by atomic mass is 10.0. The normalized spacial score (nSPS) is 12.7. The fourth-order valence-corrected chi connectivity index (χ4v) is 1.85. The van der Waals surface area contributed by atoms with Gasteiger partial charge in [-0.15, -0.1) is 5.10 Å². The average molecular weight is 255 g/mol. The Bertz CT molecular complexity index is 526.